The Labute approximate surface area is 187 Å². The number of pyridine rings is 1. The van der Waals surface area contributed by atoms with Gasteiger partial charge in [-0.15, -0.1) is 10.2 Å². The fourth-order valence-electron chi connectivity index (χ4n) is 2.81. The maximum atomic E-state index is 13.3. The van der Waals surface area contributed by atoms with Crippen molar-refractivity contribution in [3.8, 4) is 23.4 Å². The zero-order valence-corrected chi connectivity index (χ0v) is 17.3. The first-order valence-corrected chi connectivity index (χ1v) is 9.25. The fourth-order valence-corrected chi connectivity index (χ4v) is 3.02. The first kappa shape index (κ1) is 24.1. The number of alkyl halides is 6. The summed E-state index contributed by atoms with van der Waals surface area (Å²) in [6.45, 7) is -2.27. The molecular formula is C19H12ClF6N5O2. The van der Waals surface area contributed by atoms with E-state index < -0.39 is 42.3 Å². The molecule has 0 amide bonds. The third-order valence-electron chi connectivity index (χ3n) is 4.18. The Morgan fingerprint density at radius 3 is 2.45 bits per heavy atom. The van der Waals surface area contributed by atoms with E-state index in [0.29, 0.717) is 11.0 Å². The summed E-state index contributed by atoms with van der Waals surface area (Å²) in [5.41, 5.74) is -2.25. The number of anilines is 1. The average Bonchev–Trinajstić information content (AvgIpc) is 3.19. The molecule has 7 nitrogen and oxygen atoms in total. The SMILES string of the molecule is COc1cc(-c2nnc(CN(CC(F)(F)F)c3ccc(C#N)c(C(F)(F)F)c3)o2)cc(Cl)n1. The van der Waals surface area contributed by atoms with Crippen molar-refractivity contribution >= 4 is 17.3 Å². The Morgan fingerprint density at radius 1 is 1.12 bits per heavy atom. The highest BCUT2D eigenvalue weighted by molar-refractivity contribution is 6.29. The van der Waals surface area contributed by atoms with Crippen molar-refractivity contribution in [3.05, 3.63) is 52.5 Å². The van der Waals surface area contributed by atoms with Gasteiger partial charge in [-0.05, 0) is 24.3 Å². The van der Waals surface area contributed by atoms with Gasteiger partial charge in [0, 0.05) is 17.3 Å². The van der Waals surface area contributed by atoms with E-state index in [2.05, 4.69) is 15.2 Å². The summed E-state index contributed by atoms with van der Waals surface area (Å²) in [5, 5.41) is 16.3. The predicted octanol–water partition coefficient (Wildman–Crippen LogP) is 5.25. The van der Waals surface area contributed by atoms with Crippen molar-refractivity contribution < 1.29 is 35.5 Å². The predicted molar refractivity (Wildman–Crippen MR) is 102 cm³/mol. The molecule has 0 spiro atoms. The lowest BCUT2D eigenvalue weighted by atomic mass is 10.1. The van der Waals surface area contributed by atoms with E-state index in [-0.39, 0.29) is 28.4 Å². The summed E-state index contributed by atoms with van der Waals surface area (Å²) >= 11 is 5.87. The third-order valence-corrected chi connectivity index (χ3v) is 4.38. The molecule has 0 bridgehead atoms. The zero-order chi connectivity index (χ0) is 24.4. The highest BCUT2D eigenvalue weighted by atomic mass is 35.5. The summed E-state index contributed by atoms with van der Waals surface area (Å²) in [6, 6.07) is 6.36. The van der Waals surface area contributed by atoms with Crippen molar-refractivity contribution in [2.75, 3.05) is 18.6 Å². The summed E-state index contributed by atoms with van der Waals surface area (Å²) < 4.78 is 89.6. The van der Waals surface area contributed by atoms with Crippen LogP contribution in [-0.2, 0) is 12.7 Å². The normalized spacial score (nSPS) is 11.8. The molecule has 2 heterocycles. The molecule has 0 unspecified atom stereocenters. The minimum atomic E-state index is -4.94. The number of halogens is 7. The molecule has 174 valence electrons. The molecular weight excluding hydrogens is 480 g/mol. The second-order valence-electron chi connectivity index (χ2n) is 6.53. The van der Waals surface area contributed by atoms with E-state index in [1.54, 1.807) is 0 Å². The summed E-state index contributed by atoms with van der Waals surface area (Å²) in [4.78, 5) is 4.44. The van der Waals surface area contributed by atoms with Gasteiger partial charge in [0.15, 0.2) is 0 Å². The fraction of sp³-hybridized carbons (Fsp3) is 0.263. The molecule has 0 fully saturated rings. The molecule has 0 aliphatic rings. The van der Waals surface area contributed by atoms with E-state index in [1.807, 2.05) is 0 Å². The zero-order valence-electron chi connectivity index (χ0n) is 16.5. The lowest BCUT2D eigenvalue weighted by molar-refractivity contribution is -0.137. The largest absolute Gasteiger partial charge is 0.481 e. The number of ether oxygens (including phenoxy) is 1. The van der Waals surface area contributed by atoms with Gasteiger partial charge in [0.1, 0.15) is 11.7 Å². The Bertz CT molecular complexity index is 1190. The Morgan fingerprint density at radius 2 is 1.85 bits per heavy atom. The average molecular weight is 492 g/mol. The first-order valence-electron chi connectivity index (χ1n) is 8.87. The molecule has 3 rings (SSSR count). The van der Waals surface area contributed by atoms with Crippen LogP contribution in [0.4, 0.5) is 32.0 Å². The molecule has 0 N–H and O–H groups in total. The van der Waals surface area contributed by atoms with E-state index in [9.17, 15) is 26.3 Å². The molecule has 0 aliphatic heterocycles. The second-order valence-corrected chi connectivity index (χ2v) is 6.92. The quantitative estimate of drug-likeness (QED) is 0.343. The van der Waals surface area contributed by atoms with Crippen molar-refractivity contribution in [2.24, 2.45) is 0 Å². The van der Waals surface area contributed by atoms with Crippen LogP contribution in [0.2, 0.25) is 5.15 Å². The van der Waals surface area contributed by atoms with Crippen LogP contribution in [0, 0.1) is 11.3 Å². The van der Waals surface area contributed by atoms with E-state index in [1.165, 1.54) is 25.3 Å². The molecule has 0 aliphatic carbocycles. The minimum absolute atomic E-state index is 0.0278. The lowest BCUT2D eigenvalue weighted by Crippen LogP contribution is -2.34. The molecule has 0 atom stereocenters. The van der Waals surface area contributed by atoms with Gasteiger partial charge >= 0.3 is 12.4 Å². The summed E-state index contributed by atoms with van der Waals surface area (Å²) in [5.74, 6) is -0.303. The van der Waals surface area contributed by atoms with Crippen LogP contribution in [0.5, 0.6) is 5.88 Å². The molecule has 0 saturated carbocycles. The number of hydrogen-bond donors (Lipinski definition) is 0. The van der Waals surface area contributed by atoms with E-state index >= 15 is 0 Å². The number of rotatable bonds is 6. The van der Waals surface area contributed by atoms with Crippen LogP contribution in [0.1, 0.15) is 17.0 Å². The molecule has 0 saturated heterocycles. The number of benzene rings is 1. The van der Waals surface area contributed by atoms with Crippen molar-refractivity contribution in [2.45, 2.75) is 18.9 Å². The van der Waals surface area contributed by atoms with E-state index in [4.69, 9.17) is 26.0 Å². The number of nitrogens with zero attached hydrogens (tertiary/aromatic N) is 5. The smallest absolute Gasteiger partial charge is 0.417 e. The topological polar surface area (TPSA) is 88.1 Å². The Kier molecular flexibility index (Phi) is 6.68. The van der Waals surface area contributed by atoms with Gasteiger partial charge in [0.05, 0.1) is 30.9 Å². The first-order chi connectivity index (χ1) is 15.4. The van der Waals surface area contributed by atoms with Crippen molar-refractivity contribution in [3.63, 3.8) is 0 Å². The maximum Gasteiger partial charge on any atom is 0.417 e. The van der Waals surface area contributed by atoms with Crippen LogP contribution in [0.15, 0.2) is 34.7 Å². The highest BCUT2D eigenvalue weighted by Crippen LogP contribution is 2.35. The van der Waals surface area contributed by atoms with Crippen LogP contribution in [0.25, 0.3) is 11.5 Å². The van der Waals surface area contributed by atoms with Crippen molar-refractivity contribution in [1.29, 1.82) is 5.26 Å². The van der Waals surface area contributed by atoms with Gasteiger partial charge in [-0.2, -0.15) is 31.6 Å². The lowest BCUT2D eigenvalue weighted by Gasteiger charge is -2.25. The molecule has 2 aromatic heterocycles. The minimum Gasteiger partial charge on any atom is -0.481 e. The van der Waals surface area contributed by atoms with E-state index in [0.717, 1.165) is 12.1 Å². The van der Waals surface area contributed by atoms with Gasteiger partial charge < -0.3 is 14.1 Å². The summed E-state index contributed by atoms with van der Waals surface area (Å²) in [7, 11) is 1.34. The van der Waals surface area contributed by atoms with Crippen LogP contribution in [-0.4, -0.2) is 35.0 Å². The molecule has 0 radical (unpaired) electrons. The monoisotopic (exact) mass is 491 g/mol. The number of hydrogen-bond acceptors (Lipinski definition) is 7. The molecule has 3 aromatic rings. The third kappa shape index (κ3) is 6.04. The Balaban J connectivity index is 1.96. The van der Waals surface area contributed by atoms with Crippen LogP contribution >= 0.6 is 11.6 Å². The van der Waals surface area contributed by atoms with Gasteiger partial charge in [0.25, 0.3) is 0 Å². The highest BCUT2D eigenvalue weighted by Gasteiger charge is 2.36. The number of nitriles is 1. The van der Waals surface area contributed by atoms with Crippen LogP contribution < -0.4 is 9.64 Å². The molecule has 33 heavy (non-hydrogen) atoms. The van der Waals surface area contributed by atoms with Gasteiger partial charge in [-0.25, -0.2) is 4.98 Å². The van der Waals surface area contributed by atoms with Crippen LogP contribution in [0.3, 0.4) is 0 Å². The molecule has 14 heteroatoms. The second kappa shape index (κ2) is 9.14. The molecule has 1 aromatic carbocycles. The maximum absolute atomic E-state index is 13.3. The van der Waals surface area contributed by atoms with Gasteiger partial charge in [0.2, 0.25) is 17.7 Å². The Hall–Kier alpha value is -3.53. The van der Waals surface area contributed by atoms with Gasteiger partial charge in [-0.3, -0.25) is 0 Å². The standard InChI is InChI=1S/C19H12ClF6N5O2/c1-32-15-5-11(4-14(20)28-15)17-30-29-16(33-17)8-31(9-18(21,22)23)12-3-2-10(7-27)13(6-12)19(24,25)26/h2-6H,8-9H2,1H3. The van der Waals surface area contributed by atoms with Gasteiger partial charge in [-0.1, -0.05) is 11.6 Å². The van der Waals surface area contributed by atoms with Crippen molar-refractivity contribution in [1.82, 2.24) is 15.2 Å². The summed E-state index contributed by atoms with van der Waals surface area (Å²) in [6.07, 6.45) is -9.70. The number of aromatic nitrogens is 3. The number of methoxy groups -OCH3 is 1.